The van der Waals surface area contributed by atoms with Crippen LogP contribution in [0.25, 0.3) is 0 Å². The quantitative estimate of drug-likeness (QED) is 0.697. The van der Waals surface area contributed by atoms with Gasteiger partial charge in [-0.25, -0.2) is 4.42 Å². The van der Waals surface area contributed by atoms with Crippen molar-refractivity contribution in [3.05, 3.63) is 17.7 Å². The summed E-state index contributed by atoms with van der Waals surface area (Å²) in [5, 5.41) is 0. The first kappa shape index (κ1) is 18.2. The molecule has 1 aromatic carbocycles. The van der Waals surface area contributed by atoms with Gasteiger partial charge in [-0.3, -0.25) is 0 Å². The largest absolute Gasteiger partial charge is 0.493 e. The van der Waals surface area contributed by atoms with Gasteiger partial charge in [0.25, 0.3) is 0 Å². The van der Waals surface area contributed by atoms with Crippen molar-refractivity contribution in [2.24, 2.45) is 0 Å². The summed E-state index contributed by atoms with van der Waals surface area (Å²) in [7, 11) is 4.88. The molecule has 1 aliphatic carbocycles. The molecule has 0 unspecified atom stereocenters. The van der Waals surface area contributed by atoms with Gasteiger partial charge in [-0.2, -0.15) is 0 Å². The molecular formula is C18H28ClNO3. The molecule has 0 heterocycles. The summed E-state index contributed by atoms with van der Waals surface area (Å²) >= 11 is 6.61. The maximum atomic E-state index is 6.61. The Hall–Kier alpha value is -1.13. The molecule has 1 saturated carbocycles. The highest BCUT2D eigenvalue weighted by atomic mass is 35.5. The van der Waals surface area contributed by atoms with Gasteiger partial charge in [0.05, 0.1) is 21.3 Å². The molecule has 130 valence electrons. The molecule has 0 aliphatic heterocycles. The summed E-state index contributed by atoms with van der Waals surface area (Å²) in [4.78, 5) is 0. The summed E-state index contributed by atoms with van der Waals surface area (Å²) < 4.78 is 18.2. The third-order valence-corrected chi connectivity index (χ3v) is 4.92. The van der Waals surface area contributed by atoms with E-state index in [1.807, 2.05) is 16.6 Å². The molecule has 0 aromatic heterocycles. The predicted octanol–water partition coefficient (Wildman–Crippen LogP) is 4.78. The van der Waals surface area contributed by atoms with Crippen molar-refractivity contribution in [3.8, 4) is 17.2 Å². The van der Waals surface area contributed by atoms with Crippen LogP contribution in [-0.4, -0.2) is 31.8 Å². The minimum Gasteiger partial charge on any atom is -0.493 e. The standard InChI is InChI=1S/C18H28ClNO3/c1-21-16-11-14(12-17(22-2)18(16)23-3)13-20(19)15-9-7-5-4-6-8-10-15/h11-12,15H,4-10,13H2,1-3H3. The van der Waals surface area contributed by atoms with Gasteiger partial charge in [0.2, 0.25) is 5.75 Å². The van der Waals surface area contributed by atoms with E-state index in [1.54, 1.807) is 21.3 Å². The van der Waals surface area contributed by atoms with Crippen molar-refractivity contribution in [1.82, 2.24) is 4.42 Å². The molecule has 5 heteroatoms. The van der Waals surface area contributed by atoms with Gasteiger partial charge in [-0.15, -0.1) is 0 Å². The van der Waals surface area contributed by atoms with E-state index >= 15 is 0 Å². The fourth-order valence-corrected chi connectivity index (χ4v) is 3.58. The van der Waals surface area contributed by atoms with E-state index in [1.165, 1.54) is 44.9 Å². The van der Waals surface area contributed by atoms with Crippen LogP contribution >= 0.6 is 11.8 Å². The van der Waals surface area contributed by atoms with Crippen LogP contribution in [0.1, 0.15) is 50.5 Å². The summed E-state index contributed by atoms with van der Waals surface area (Å²) in [6.07, 6.45) is 8.90. The maximum Gasteiger partial charge on any atom is 0.203 e. The van der Waals surface area contributed by atoms with Gasteiger partial charge >= 0.3 is 0 Å². The smallest absolute Gasteiger partial charge is 0.203 e. The van der Waals surface area contributed by atoms with Crippen LogP contribution in [0.4, 0.5) is 0 Å². The molecule has 0 atom stereocenters. The highest BCUT2D eigenvalue weighted by Crippen LogP contribution is 2.39. The van der Waals surface area contributed by atoms with Crippen molar-refractivity contribution in [2.75, 3.05) is 21.3 Å². The second kappa shape index (κ2) is 9.24. The van der Waals surface area contributed by atoms with Crippen molar-refractivity contribution in [3.63, 3.8) is 0 Å². The van der Waals surface area contributed by atoms with E-state index in [0.29, 0.717) is 29.8 Å². The van der Waals surface area contributed by atoms with E-state index in [0.717, 1.165) is 5.56 Å². The Balaban J connectivity index is 2.11. The Bertz CT molecular complexity index is 462. The average Bonchev–Trinajstić information content (AvgIpc) is 2.53. The van der Waals surface area contributed by atoms with Crippen molar-refractivity contribution < 1.29 is 14.2 Å². The molecule has 4 nitrogen and oxygen atoms in total. The lowest BCUT2D eigenvalue weighted by molar-refractivity contribution is 0.270. The van der Waals surface area contributed by atoms with Crippen LogP contribution in [0.5, 0.6) is 17.2 Å². The first-order valence-electron chi connectivity index (χ1n) is 8.41. The van der Waals surface area contributed by atoms with Gasteiger partial charge in [0.1, 0.15) is 0 Å². The number of methoxy groups -OCH3 is 3. The molecule has 1 aliphatic rings. The highest BCUT2D eigenvalue weighted by molar-refractivity contribution is 6.13. The Morgan fingerprint density at radius 3 is 1.91 bits per heavy atom. The first-order chi connectivity index (χ1) is 11.2. The first-order valence-corrected chi connectivity index (χ1v) is 8.74. The van der Waals surface area contributed by atoms with E-state index in [4.69, 9.17) is 26.0 Å². The van der Waals surface area contributed by atoms with Crippen LogP contribution in [0, 0.1) is 0 Å². The van der Waals surface area contributed by atoms with Crippen LogP contribution in [-0.2, 0) is 6.54 Å². The third kappa shape index (κ3) is 4.92. The second-order valence-corrected chi connectivity index (χ2v) is 6.52. The summed E-state index contributed by atoms with van der Waals surface area (Å²) in [6.45, 7) is 0.670. The zero-order valence-electron chi connectivity index (χ0n) is 14.4. The Labute approximate surface area is 144 Å². The topological polar surface area (TPSA) is 30.9 Å². The molecule has 0 N–H and O–H groups in total. The minimum absolute atomic E-state index is 0.441. The number of nitrogens with zero attached hydrogens (tertiary/aromatic N) is 1. The fraction of sp³-hybridized carbons (Fsp3) is 0.667. The molecule has 0 radical (unpaired) electrons. The van der Waals surface area contributed by atoms with E-state index in [9.17, 15) is 0 Å². The van der Waals surface area contributed by atoms with Crippen LogP contribution in [0.3, 0.4) is 0 Å². The number of benzene rings is 1. The van der Waals surface area contributed by atoms with E-state index < -0.39 is 0 Å². The Morgan fingerprint density at radius 1 is 0.913 bits per heavy atom. The molecule has 0 amide bonds. The Kier molecular flexibility index (Phi) is 7.31. The molecule has 0 spiro atoms. The fourth-order valence-electron chi connectivity index (χ4n) is 3.24. The molecule has 2 rings (SSSR count). The molecule has 0 bridgehead atoms. The van der Waals surface area contributed by atoms with Gasteiger partial charge in [-0.1, -0.05) is 32.1 Å². The zero-order chi connectivity index (χ0) is 16.7. The Morgan fingerprint density at radius 2 is 1.43 bits per heavy atom. The molecule has 0 saturated heterocycles. The third-order valence-electron chi connectivity index (χ3n) is 4.53. The predicted molar refractivity (Wildman–Crippen MR) is 93.6 cm³/mol. The van der Waals surface area contributed by atoms with Crippen LogP contribution in [0.15, 0.2) is 12.1 Å². The van der Waals surface area contributed by atoms with Crippen LogP contribution in [0.2, 0.25) is 0 Å². The van der Waals surface area contributed by atoms with E-state index in [-0.39, 0.29) is 0 Å². The van der Waals surface area contributed by atoms with Crippen molar-refractivity contribution in [1.29, 1.82) is 0 Å². The van der Waals surface area contributed by atoms with Crippen molar-refractivity contribution in [2.45, 2.75) is 57.5 Å². The highest BCUT2D eigenvalue weighted by Gasteiger charge is 2.20. The summed E-state index contributed by atoms with van der Waals surface area (Å²) in [5.41, 5.74) is 1.07. The van der Waals surface area contributed by atoms with Crippen LogP contribution < -0.4 is 14.2 Å². The lowest BCUT2D eigenvalue weighted by Gasteiger charge is -2.27. The summed E-state index contributed by atoms with van der Waals surface area (Å²) in [6, 6.07) is 4.38. The second-order valence-electron chi connectivity index (χ2n) is 6.09. The number of ether oxygens (including phenoxy) is 3. The molecule has 1 aromatic rings. The van der Waals surface area contributed by atoms with Gasteiger partial charge in [0.15, 0.2) is 11.5 Å². The van der Waals surface area contributed by atoms with Crippen molar-refractivity contribution >= 4 is 11.8 Å². The summed E-state index contributed by atoms with van der Waals surface area (Å²) in [5.74, 6) is 1.96. The molecule has 1 fully saturated rings. The molecule has 23 heavy (non-hydrogen) atoms. The van der Waals surface area contributed by atoms with Gasteiger partial charge < -0.3 is 14.2 Å². The molecular weight excluding hydrogens is 314 g/mol. The number of rotatable bonds is 6. The SMILES string of the molecule is COc1cc(CN(Cl)C2CCCCCCC2)cc(OC)c1OC. The number of hydrogen-bond donors (Lipinski definition) is 0. The number of halogens is 1. The number of hydrogen-bond acceptors (Lipinski definition) is 4. The normalized spacial score (nSPS) is 16.7. The van der Waals surface area contributed by atoms with Gasteiger partial charge in [0, 0.05) is 12.6 Å². The lowest BCUT2D eigenvalue weighted by atomic mass is 9.96. The lowest BCUT2D eigenvalue weighted by Crippen LogP contribution is -2.27. The average molecular weight is 342 g/mol. The maximum absolute atomic E-state index is 6.61. The minimum atomic E-state index is 0.441. The zero-order valence-corrected chi connectivity index (χ0v) is 15.2. The van der Waals surface area contributed by atoms with Gasteiger partial charge in [-0.05, 0) is 42.3 Å². The monoisotopic (exact) mass is 341 g/mol. The van der Waals surface area contributed by atoms with E-state index in [2.05, 4.69) is 0 Å².